The molecule has 0 atom stereocenters. The van der Waals surface area contributed by atoms with Gasteiger partial charge >= 0.3 is 6.03 Å². The molecule has 2 heterocycles. The quantitative estimate of drug-likeness (QED) is 0.297. The first-order valence-corrected chi connectivity index (χ1v) is 10.5. The summed E-state index contributed by atoms with van der Waals surface area (Å²) in [7, 11) is 0. The molecule has 0 unspecified atom stereocenters. The number of amides is 3. The number of fused-ring (bicyclic) bond motifs is 1. The predicted octanol–water partition coefficient (Wildman–Crippen LogP) is 5.63. The van der Waals surface area contributed by atoms with Crippen molar-refractivity contribution in [3.8, 4) is 11.5 Å². The van der Waals surface area contributed by atoms with Crippen LogP contribution in [0, 0.1) is 17.6 Å². The lowest BCUT2D eigenvalue weighted by Gasteiger charge is -2.11. The summed E-state index contributed by atoms with van der Waals surface area (Å²) in [5.74, 6) is -0.642. The van der Waals surface area contributed by atoms with E-state index in [-0.39, 0.29) is 23.3 Å². The molecule has 5 rings (SSSR count). The third-order valence-electron chi connectivity index (χ3n) is 5.24. The number of rotatable bonds is 6. The highest BCUT2D eigenvalue weighted by molar-refractivity contribution is 6.01. The minimum absolute atomic E-state index is 0.0266. The molecule has 172 valence electrons. The number of carbonyl (C=O) groups is 2. The maximum absolute atomic E-state index is 14.6. The van der Waals surface area contributed by atoms with Crippen LogP contribution < -0.4 is 20.7 Å². The fraction of sp³-hybridized carbons (Fsp3) is 0.125. The molecule has 10 heteroatoms. The number of halogens is 2. The van der Waals surface area contributed by atoms with E-state index in [0.717, 1.165) is 18.9 Å². The first-order valence-electron chi connectivity index (χ1n) is 10.5. The molecule has 0 bridgehead atoms. The van der Waals surface area contributed by atoms with Gasteiger partial charge in [-0.3, -0.25) is 4.79 Å². The van der Waals surface area contributed by atoms with Gasteiger partial charge in [0.2, 0.25) is 5.91 Å². The van der Waals surface area contributed by atoms with E-state index >= 15 is 0 Å². The molecule has 0 saturated heterocycles. The standard InChI is InChI=1S/C24H19F2N5O3/c25-18-10-15(30-24(33)29-14-3-5-20-17(9-14)19(26)12-28-20)4-6-21(18)34-16-7-8-27-22(11-16)31-23(32)13-1-2-13/h3-13,28H,1-2H2,(H,27,31,32)(H2,29,30,33). The van der Waals surface area contributed by atoms with E-state index in [4.69, 9.17) is 4.74 Å². The number of anilines is 3. The first kappa shape index (κ1) is 21.4. The smallest absolute Gasteiger partial charge is 0.323 e. The summed E-state index contributed by atoms with van der Waals surface area (Å²) in [5.41, 5.74) is 1.18. The Morgan fingerprint density at radius 1 is 0.941 bits per heavy atom. The number of aromatic nitrogens is 2. The van der Waals surface area contributed by atoms with Gasteiger partial charge < -0.3 is 25.7 Å². The van der Waals surface area contributed by atoms with E-state index in [2.05, 4.69) is 25.9 Å². The van der Waals surface area contributed by atoms with Gasteiger partial charge in [0.1, 0.15) is 17.4 Å². The Morgan fingerprint density at radius 3 is 2.47 bits per heavy atom. The minimum atomic E-state index is -0.700. The van der Waals surface area contributed by atoms with E-state index in [1.54, 1.807) is 12.1 Å². The minimum Gasteiger partial charge on any atom is -0.454 e. The second kappa shape index (κ2) is 8.81. The number of nitrogens with one attached hydrogen (secondary N) is 4. The summed E-state index contributed by atoms with van der Waals surface area (Å²) in [4.78, 5) is 31.0. The monoisotopic (exact) mass is 463 g/mol. The van der Waals surface area contributed by atoms with Gasteiger partial charge in [0, 0.05) is 52.7 Å². The predicted molar refractivity (Wildman–Crippen MR) is 123 cm³/mol. The van der Waals surface area contributed by atoms with Crippen LogP contribution in [0.3, 0.4) is 0 Å². The number of hydrogen-bond acceptors (Lipinski definition) is 4. The van der Waals surface area contributed by atoms with Crippen LogP contribution in [-0.2, 0) is 4.79 Å². The van der Waals surface area contributed by atoms with E-state index < -0.39 is 17.7 Å². The first-order chi connectivity index (χ1) is 16.4. The van der Waals surface area contributed by atoms with Crippen molar-refractivity contribution in [3.05, 3.63) is 72.6 Å². The van der Waals surface area contributed by atoms with E-state index in [1.165, 1.54) is 42.7 Å². The molecule has 1 aliphatic carbocycles. The molecule has 8 nitrogen and oxygen atoms in total. The Labute approximate surface area is 192 Å². The zero-order valence-electron chi connectivity index (χ0n) is 17.7. The van der Waals surface area contributed by atoms with Crippen molar-refractivity contribution in [3.63, 3.8) is 0 Å². The number of nitrogens with zero attached hydrogens (tertiary/aromatic N) is 1. The third-order valence-corrected chi connectivity index (χ3v) is 5.24. The number of pyridine rings is 1. The van der Waals surface area contributed by atoms with Gasteiger partial charge in [0.05, 0.1) is 0 Å². The molecule has 0 radical (unpaired) electrons. The highest BCUT2D eigenvalue weighted by Gasteiger charge is 2.29. The normalized spacial score (nSPS) is 12.9. The average Bonchev–Trinajstić information content (AvgIpc) is 3.60. The van der Waals surface area contributed by atoms with Gasteiger partial charge in [0.15, 0.2) is 11.6 Å². The average molecular weight is 463 g/mol. The van der Waals surface area contributed by atoms with Gasteiger partial charge in [-0.05, 0) is 49.2 Å². The molecule has 0 aliphatic heterocycles. The molecule has 2 aromatic carbocycles. The molecule has 34 heavy (non-hydrogen) atoms. The summed E-state index contributed by atoms with van der Waals surface area (Å²) in [6, 6.07) is 11.1. The second-order valence-corrected chi connectivity index (χ2v) is 7.86. The second-order valence-electron chi connectivity index (χ2n) is 7.86. The van der Waals surface area contributed by atoms with Crippen molar-refractivity contribution < 1.29 is 23.1 Å². The zero-order chi connectivity index (χ0) is 23.7. The van der Waals surface area contributed by atoms with Crippen molar-refractivity contribution >= 4 is 40.0 Å². The van der Waals surface area contributed by atoms with Crippen LogP contribution in [0.25, 0.3) is 10.9 Å². The molecule has 0 spiro atoms. The summed E-state index contributed by atoms with van der Waals surface area (Å²) in [6.07, 6.45) is 4.42. The van der Waals surface area contributed by atoms with Crippen LogP contribution in [0.1, 0.15) is 12.8 Å². The van der Waals surface area contributed by atoms with Crippen molar-refractivity contribution in [2.45, 2.75) is 12.8 Å². The largest absolute Gasteiger partial charge is 0.454 e. The molecule has 4 aromatic rings. The van der Waals surface area contributed by atoms with E-state index in [0.29, 0.717) is 28.2 Å². The van der Waals surface area contributed by atoms with Crippen molar-refractivity contribution in [2.75, 3.05) is 16.0 Å². The Kier molecular flexibility index (Phi) is 5.54. The number of ether oxygens (including phenoxy) is 1. The van der Waals surface area contributed by atoms with E-state index in [9.17, 15) is 18.4 Å². The fourth-order valence-electron chi connectivity index (χ4n) is 3.36. The Morgan fingerprint density at radius 2 is 1.71 bits per heavy atom. The summed E-state index contributed by atoms with van der Waals surface area (Å²) in [5, 5.41) is 8.15. The third kappa shape index (κ3) is 4.80. The molecule has 2 aromatic heterocycles. The number of H-pyrrole nitrogens is 1. The molecular weight excluding hydrogens is 444 g/mol. The van der Waals surface area contributed by atoms with Gasteiger partial charge in [-0.1, -0.05) is 0 Å². The van der Waals surface area contributed by atoms with Crippen LogP contribution in [0.2, 0.25) is 0 Å². The molecule has 1 fully saturated rings. The number of aromatic amines is 1. The Hall–Kier alpha value is -4.47. The van der Waals surface area contributed by atoms with E-state index in [1.807, 2.05) is 0 Å². The lowest BCUT2D eigenvalue weighted by Crippen LogP contribution is -2.19. The Bertz CT molecular complexity index is 1400. The number of carbonyl (C=O) groups excluding carboxylic acids is 2. The lowest BCUT2D eigenvalue weighted by atomic mass is 10.2. The maximum Gasteiger partial charge on any atom is 0.323 e. The molecule has 4 N–H and O–H groups in total. The molecule has 1 saturated carbocycles. The number of hydrogen-bond donors (Lipinski definition) is 4. The van der Waals surface area contributed by atoms with Crippen molar-refractivity contribution in [1.82, 2.24) is 9.97 Å². The fourth-order valence-corrected chi connectivity index (χ4v) is 3.36. The van der Waals surface area contributed by atoms with Crippen LogP contribution in [0.4, 0.5) is 30.8 Å². The van der Waals surface area contributed by atoms with Gasteiger partial charge in [-0.25, -0.2) is 18.6 Å². The maximum atomic E-state index is 14.6. The zero-order valence-corrected chi connectivity index (χ0v) is 17.7. The SMILES string of the molecule is O=C(Nc1ccc(Oc2ccnc(NC(=O)C3CC3)c2)c(F)c1)Nc1ccc2[nH]cc(F)c2c1. The number of benzene rings is 2. The van der Waals surface area contributed by atoms with Crippen LogP contribution in [-0.4, -0.2) is 21.9 Å². The highest BCUT2D eigenvalue weighted by Crippen LogP contribution is 2.31. The van der Waals surface area contributed by atoms with Crippen LogP contribution in [0.15, 0.2) is 60.9 Å². The summed E-state index contributed by atoms with van der Waals surface area (Å²) in [6.45, 7) is 0. The molecule has 1 aliphatic rings. The topological polar surface area (TPSA) is 108 Å². The summed E-state index contributed by atoms with van der Waals surface area (Å²) >= 11 is 0. The highest BCUT2D eigenvalue weighted by atomic mass is 19.1. The van der Waals surface area contributed by atoms with Crippen molar-refractivity contribution in [2.24, 2.45) is 5.92 Å². The van der Waals surface area contributed by atoms with Crippen LogP contribution >= 0.6 is 0 Å². The molecular formula is C24H19F2N5O3. The van der Waals surface area contributed by atoms with Gasteiger partial charge in [0.25, 0.3) is 0 Å². The van der Waals surface area contributed by atoms with Gasteiger partial charge in [-0.15, -0.1) is 0 Å². The van der Waals surface area contributed by atoms with Crippen molar-refractivity contribution in [1.29, 1.82) is 0 Å². The van der Waals surface area contributed by atoms with Gasteiger partial charge in [-0.2, -0.15) is 0 Å². The summed E-state index contributed by atoms with van der Waals surface area (Å²) < 4.78 is 33.9. The van der Waals surface area contributed by atoms with Crippen LogP contribution in [0.5, 0.6) is 11.5 Å². The Balaban J connectivity index is 1.22. The lowest BCUT2D eigenvalue weighted by molar-refractivity contribution is -0.117. The molecule has 3 amide bonds. The number of urea groups is 1.